The molecular weight excluding hydrogens is 284 g/mol. The maximum absolute atomic E-state index is 12.5. The van der Waals surface area contributed by atoms with Crippen LogP contribution in [0.25, 0.3) is 0 Å². The summed E-state index contributed by atoms with van der Waals surface area (Å²) in [6.45, 7) is 7.65. The van der Waals surface area contributed by atoms with Gasteiger partial charge in [0.15, 0.2) is 0 Å². The quantitative estimate of drug-likeness (QED) is 0.947. The first kappa shape index (κ1) is 14.3. The number of aryl methyl sites for hydroxylation is 3. The Morgan fingerprint density at radius 3 is 2.90 bits per heavy atom. The topological polar surface area (TPSA) is 61.9 Å². The second kappa shape index (κ2) is 5.60. The molecule has 0 saturated carbocycles. The number of carbonyl (C=O) groups is 1. The first-order valence-corrected chi connectivity index (χ1v) is 8.06. The third kappa shape index (κ3) is 2.85. The van der Waals surface area contributed by atoms with Crippen LogP contribution >= 0.6 is 11.3 Å². The van der Waals surface area contributed by atoms with Gasteiger partial charge in [-0.2, -0.15) is 5.10 Å². The highest BCUT2D eigenvalue weighted by Crippen LogP contribution is 2.28. The van der Waals surface area contributed by atoms with E-state index in [4.69, 9.17) is 0 Å². The Morgan fingerprint density at radius 1 is 1.48 bits per heavy atom. The molecule has 1 amide bonds. The molecular formula is C15H20N4OS. The van der Waals surface area contributed by atoms with Gasteiger partial charge in [-0.25, -0.2) is 4.98 Å². The van der Waals surface area contributed by atoms with E-state index in [0.717, 1.165) is 35.1 Å². The molecule has 1 aliphatic heterocycles. The lowest BCUT2D eigenvalue weighted by Gasteiger charge is -2.16. The second-order valence-electron chi connectivity index (χ2n) is 5.71. The van der Waals surface area contributed by atoms with Gasteiger partial charge in [0.05, 0.1) is 23.3 Å². The van der Waals surface area contributed by atoms with Crippen molar-refractivity contribution in [3.8, 4) is 0 Å². The van der Waals surface area contributed by atoms with Crippen LogP contribution in [0.3, 0.4) is 0 Å². The fourth-order valence-corrected chi connectivity index (χ4v) is 3.91. The highest BCUT2D eigenvalue weighted by atomic mass is 32.1. The number of nitrogens with one attached hydrogen (secondary N) is 1. The SMILES string of the molecule is Cc1nc(C)c(CC(=O)N2CC[C@@H](c3[nH]ncc3C)C2)s1. The van der Waals surface area contributed by atoms with Crippen molar-refractivity contribution in [1.29, 1.82) is 0 Å². The van der Waals surface area contributed by atoms with E-state index in [0.29, 0.717) is 12.3 Å². The van der Waals surface area contributed by atoms with Crippen LogP contribution in [0.5, 0.6) is 0 Å². The molecule has 6 heteroatoms. The van der Waals surface area contributed by atoms with E-state index in [1.54, 1.807) is 11.3 Å². The van der Waals surface area contributed by atoms with Gasteiger partial charge in [-0.15, -0.1) is 11.3 Å². The van der Waals surface area contributed by atoms with Crippen LogP contribution in [0, 0.1) is 20.8 Å². The standard InChI is InChI=1S/C15H20N4OS/c1-9-7-16-18-15(9)12-4-5-19(8-12)14(20)6-13-10(2)17-11(3)21-13/h7,12H,4-6,8H2,1-3H3,(H,16,18)/t12-/m1/s1. The summed E-state index contributed by atoms with van der Waals surface area (Å²) in [7, 11) is 0. The first-order valence-electron chi connectivity index (χ1n) is 7.25. The van der Waals surface area contributed by atoms with Crippen LogP contribution in [0.2, 0.25) is 0 Å². The normalized spacial score (nSPS) is 18.4. The predicted octanol–water partition coefficient (Wildman–Crippen LogP) is 2.35. The largest absolute Gasteiger partial charge is 0.342 e. The Bertz CT molecular complexity index is 660. The highest BCUT2D eigenvalue weighted by Gasteiger charge is 2.29. The number of H-pyrrole nitrogens is 1. The molecule has 1 saturated heterocycles. The Labute approximate surface area is 128 Å². The smallest absolute Gasteiger partial charge is 0.227 e. The molecule has 2 aromatic rings. The van der Waals surface area contributed by atoms with E-state index in [9.17, 15) is 4.79 Å². The molecule has 1 aliphatic rings. The number of likely N-dealkylation sites (tertiary alicyclic amines) is 1. The fourth-order valence-electron chi connectivity index (χ4n) is 2.98. The number of hydrogen-bond acceptors (Lipinski definition) is 4. The molecule has 0 unspecified atom stereocenters. The van der Waals surface area contributed by atoms with Crippen LogP contribution in [0.1, 0.15) is 39.2 Å². The van der Waals surface area contributed by atoms with E-state index in [1.807, 2.05) is 24.9 Å². The van der Waals surface area contributed by atoms with Gasteiger partial charge in [0.2, 0.25) is 5.91 Å². The van der Waals surface area contributed by atoms with Gasteiger partial charge < -0.3 is 4.90 Å². The second-order valence-corrected chi connectivity index (χ2v) is 7.00. The lowest BCUT2D eigenvalue weighted by atomic mass is 10.0. The monoisotopic (exact) mass is 304 g/mol. The Morgan fingerprint density at radius 2 is 2.29 bits per heavy atom. The number of thiazole rings is 1. The van der Waals surface area contributed by atoms with Crippen molar-refractivity contribution in [1.82, 2.24) is 20.1 Å². The molecule has 0 bridgehead atoms. The molecule has 21 heavy (non-hydrogen) atoms. The molecule has 0 radical (unpaired) electrons. The summed E-state index contributed by atoms with van der Waals surface area (Å²) < 4.78 is 0. The molecule has 0 aromatic carbocycles. The molecule has 0 spiro atoms. The van der Waals surface area contributed by atoms with Crippen LogP contribution in [-0.4, -0.2) is 39.1 Å². The Kier molecular flexibility index (Phi) is 3.80. The van der Waals surface area contributed by atoms with Crippen LogP contribution in [0.4, 0.5) is 0 Å². The summed E-state index contributed by atoms with van der Waals surface area (Å²) in [6, 6.07) is 0. The Balaban J connectivity index is 1.65. The summed E-state index contributed by atoms with van der Waals surface area (Å²) in [5, 5.41) is 8.19. The van der Waals surface area contributed by atoms with E-state index in [-0.39, 0.29) is 5.91 Å². The van der Waals surface area contributed by atoms with Crippen molar-refractivity contribution < 1.29 is 4.79 Å². The zero-order valence-corrected chi connectivity index (χ0v) is 13.5. The molecule has 2 aromatic heterocycles. The first-order chi connectivity index (χ1) is 10.0. The molecule has 3 rings (SSSR count). The maximum atomic E-state index is 12.5. The van der Waals surface area contributed by atoms with Gasteiger partial charge in [-0.1, -0.05) is 0 Å². The molecule has 3 heterocycles. The van der Waals surface area contributed by atoms with E-state index >= 15 is 0 Å². The molecule has 112 valence electrons. The number of carbonyl (C=O) groups excluding carboxylic acids is 1. The van der Waals surface area contributed by atoms with Crippen molar-refractivity contribution in [3.05, 3.63) is 33.0 Å². The number of aromatic nitrogens is 3. The number of hydrogen-bond donors (Lipinski definition) is 1. The number of aromatic amines is 1. The van der Waals surface area contributed by atoms with Gasteiger partial charge in [0.25, 0.3) is 0 Å². The lowest BCUT2D eigenvalue weighted by molar-refractivity contribution is -0.129. The number of nitrogens with zero attached hydrogens (tertiary/aromatic N) is 3. The van der Waals surface area contributed by atoms with Gasteiger partial charge in [-0.3, -0.25) is 9.89 Å². The van der Waals surface area contributed by atoms with Gasteiger partial charge in [0.1, 0.15) is 0 Å². The highest BCUT2D eigenvalue weighted by molar-refractivity contribution is 7.11. The minimum Gasteiger partial charge on any atom is -0.342 e. The van der Waals surface area contributed by atoms with Crippen molar-refractivity contribution in [2.45, 2.75) is 39.5 Å². The number of amides is 1. The van der Waals surface area contributed by atoms with Gasteiger partial charge >= 0.3 is 0 Å². The minimum atomic E-state index is 0.210. The summed E-state index contributed by atoms with van der Waals surface area (Å²) in [6.07, 6.45) is 3.34. The third-order valence-electron chi connectivity index (χ3n) is 4.13. The predicted molar refractivity (Wildman–Crippen MR) is 82.6 cm³/mol. The molecule has 1 fully saturated rings. The zero-order valence-electron chi connectivity index (χ0n) is 12.6. The summed E-state index contributed by atoms with van der Waals surface area (Å²) >= 11 is 1.63. The van der Waals surface area contributed by atoms with Crippen LogP contribution in [0.15, 0.2) is 6.20 Å². The van der Waals surface area contributed by atoms with Crippen molar-refractivity contribution >= 4 is 17.2 Å². The third-order valence-corrected chi connectivity index (χ3v) is 5.20. The molecule has 1 N–H and O–H groups in total. The van der Waals surface area contributed by atoms with Crippen molar-refractivity contribution in [3.63, 3.8) is 0 Å². The van der Waals surface area contributed by atoms with E-state index in [1.165, 1.54) is 11.3 Å². The summed E-state index contributed by atoms with van der Waals surface area (Å²) in [4.78, 5) is 19.9. The Hall–Kier alpha value is -1.69. The van der Waals surface area contributed by atoms with Crippen molar-refractivity contribution in [2.24, 2.45) is 0 Å². The fraction of sp³-hybridized carbons (Fsp3) is 0.533. The molecule has 0 aliphatic carbocycles. The average molecular weight is 304 g/mol. The zero-order chi connectivity index (χ0) is 15.0. The van der Waals surface area contributed by atoms with Crippen LogP contribution in [-0.2, 0) is 11.2 Å². The lowest BCUT2D eigenvalue weighted by Crippen LogP contribution is -2.29. The summed E-state index contributed by atoms with van der Waals surface area (Å²) in [5.74, 6) is 0.599. The summed E-state index contributed by atoms with van der Waals surface area (Å²) in [5.41, 5.74) is 3.35. The van der Waals surface area contributed by atoms with Gasteiger partial charge in [0, 0.05) is 29.6 Å². The average Bonchev–Trinajstić information content (AvgIpc) is 3.11. The van der Waals surface area contributed by atoms with Crippen molar-refractivity contribution in [2.75, 3.05) is 13.1 Å². The van der Waals surface area contributed by atoms with Crippen LogP contribution < -0.4 is 0 Å². The molecule has 5 nitrogen and oxygen atoms in total. The number of rotatable bonds is 3. The maximum Gasteiger partial charge on any atom is 0.227 e. The molecule has 1 atom stereocenters. The minimum absolute atomic E-state index is 0.210. The van der Waals surface area contributed by atoms with E-state index < -0.39 is 0 Å². The van der Waals surface area contributed by atoms with Gasteiger partial charge in [-0.05, 0) is 32.8 Å². The van der Waals surface area contributed by atoms with E-state index in [2.05, 4.69) is 22.1 Å².